The number of halogens is 1. The van der Waals surface area contributed by atoms with Crippen molar-refractivity contribution in [1.29, 1.82) is 0 Å². The maximum absolute atomic E-state index is 9.14. The lowest BCUT2D eigenvalue weighted by atomic mass is 9.88. The van der Waals surface area contributed by atoms with Crippen molar-refractivity contribution in [3.63, 3.8) is 0 Å². The number of hydrogen-bond acceptors (Lipinski definition) is 3. The SMILES string of the molecule is Br.CCc1nccs1.Cc1c(O)cc2cc1C2. The maximum atomic E-state index is 9.14. The van der Waals surface area contributed by atoms with Gasteiger partial charge in [-0.3, -0.25) is 0 Å². The Kier molecular flexibility index (Phi) is 5.15. The number of aromatic hydroxyl groups is 1. The first kappa shape index (κ1) is 14.2. The van der Waals surface area contributed by atoms with Gasteiger partial charge in [-0.15, -0.1) is 28.3 Å². The number of benzene rings is 1. The van der Waals surface area contributed by atoms with Crippen molar-refractivity contribution in [1.82, 2.24) is 4.98 Å². The van der Waals surface area contributed by atoms with Crippen LogP contribution < -0.4 is 0 Å². The summed E-state index contributed by atoms with van der Waals surface area (Å²) in [6.07, 6.45) is 3.97. The molecule has 17 heavy (non-hydrogen) atoms. The molecule has 0 unspecified atom stereocenters. The first-order chi connectivity index (χ1) is 7.70. The minimum absolute atomic E-state index is 0. The van der Waals surface area contributed by atoms with E-state index in [1.54, 1.807) is 11.3 Å². The van der Waals surface area contributed by atoms with Gasteiger partial charge in [0.05, 0.1) is 5.01 Å². The van der Waals surface area contributed by atoms with Crippen molar-refractivity contribution in [2.45, 2.75) is 26.7 Å². The minimum atomic E-state index is 0. The second-order valence-electron chi connectivity index (χ2n) is 3.86. The van der Waals surface area contributed by atoms with Gasteiger partial charge in [-0.25, -0.2) is 4.98 Å². The van der Waals surface area contributed by atoms with Crippen molar-refractivity contribution < 1.29 is 5.11 Å². The highest BCUT2D eigenvalue weighted by Crippen LogP contribution is 2.31. The highest BCUT2D eigenvalue weighted by atomic mass is 79.9. The Labute approximate surface area is 116 Å². The fourth-order valence-electron chi connectivity index (χ4n) is 1.62. The maximum Gasteiger partial charge on any atom is 0.119 e. The highest BCUT2D eigenvalue weighted by Gasteiger charge is 2.14. The molecule has 1 aromatic heterocycles. The predicted octanol–water partition coefficient (Wildman–Crippen LogP) is 3.89. The number of phenols is 1. The van der Waals surface area contributed by atoms with Crippen LogP contribution in [0.5, 0.6) is 5.75 Å². The Morgan fingerprint density at radius 2 is 2.12 bits per heavy atom. The van der Waals surface area contributed by atoms with Crippen LogP contribution in [0, 0.1) is 6.92 Å². The van der Waals surface area contributed by atoms with E-state index in [0.29, 0.717) is 5.75 Å². The lowest BCUT2D eigenvalue weighted by molar-refractivity contribution is 0.467. The number of rotatable bonds is 1. The smallest absolute Gasteiger partial charge is 0.119 e. The zero-order valence-electron chi connectivity index (χ0n) is 9.93. The Bertz CT molecular complexity index is 479. The van der Waals surface area contributed by atoms with Crippen molar-refractivity contribution in [3.05, 3.63) is 45.4 Å². The summed E-state index contributed by atoms with van der Waals surface area (Å²) in [6.45, 7) is 4.06. The summed E-state index contributed by atoms with van der Waals surface area (Å²) in [4.78, 5) is 4.05. The topological polar surface area (TPSA) is 33.1 Å². The second-order valence-corrected chi connectivity index (χ2v) is 4.83. The minimum Gasteiger partial charge on any atom is -0.508 e. The molecular formula is C13H16BrNOS. The van der Waals surface area contributed by atoms with Gasteiger partial charge in [-0.2, -0.15) is 0 Å². The third-order valence-corrected chi connectivity index (χ3v) is 3.65. The fraction of sp³-hybridized carbons (Fsp3) is 0.308. The molecule has 0 fully saturated rings. The zero-order chi connectivity index (χ0) is 11.5. The Morgan fingerprint density at radius 3 is 2.41 bits per heavy atom. The van der Waals surface area contributed by atoms with E-state index < -0.39 is 0 Å². The molecule has 92 valence electrons. The molecule has 0 spiro atoms. The van der Waals surface area contributed by atoms with Gasteiger partial charge in [-0.1, -0.05) is 13.0 Å². The third kappa shape index (κ3) is 3.30. The summed E-state index contributed by atoms with van der Waals surface area (Å²) in [5.74, 6) is 0.453. The average Bonchev–Trinajstić information content (AvgIpc) is 2.73. The van der Waals surface area contributed by atoms with E-state index in [1.165, 1.54) is 16.1 Å². The number of phenolic OH excluding ortho intramolecular Hbond substituents is 1. The van der Waals surface area contributed by atoms with E-state index in [9.17, 15) is 0 Å². The second kappa shape index (κ2) is 6.17. The van der Waals surface area contributed by atoms with Crippen molar-refractivity contribution in [2.75, 3.05) is 0 Å². The summed E-state index contributed by atoms with van der Waals surface area (Å²) in [5.41, 5.74) is 3.60. The molecule has 0 saturated carbocycles. The molecule has 2 aromatic rings. The molecule has 1 N–H and O–H groups in total. The van der Waals surface area contributed by atoms with Crippen LogP contribution in [0.3, 0.4) is 0 Å². The van der Waals surface area contributed by atoms with Gasteiger partial charge in [-0.05, 0) is 42.5 Å². The predicted molar refractivity (Wildman–Crippen MR) is 77.5 cm³/mol. The number of thiazole rings is 1. The zero-order valence-corrected chi connectivity index (χ0v) is 12.5. The first-order valence-electron chi connectivity index (χ1n) is 5.40. The molecule has 1 heterocycles. The van der Waals surface area contributed by atoms with E-state index in [0.717, 1.165) is 18.4 Å². The van der Waals surface area contributed by atoms with E-state index in [1.807, 2.05) is 24.6 Å². The van der Waals surface area contributed by atoms with Crippen LogP contribution in [0.15, 0.2) is 23.7 Å². The quantitative estimate of drug-likeness (QED) is 0.739. The van der Waals surface area contributed by atoms with Gasteiger partial charge in [0.15, 0.2) is 0 Å². The Hall–Kier alpha value is -0.870. The van der Waals surface area contributed by atoms with E-state index in [2.05, 4.69) is 18.0 Å². The van der Waals surface area contributed by atoms with Gasteiger partial charge >= 0.3 is 0 Å². The molecule has 2 bridgehead atoms. The van der Waals surface area contributed by atoms with Crippen LogP contribution in [0.2, 0.25) is 0 Å². The molecule has 0 aliphatic heterocycles. The van der Waals surface area contributed by atoms with Crippen LogP contribution in [0.1, 0.15) is 28.6 Å². The van der Waals surface area contributed by atoms with Crippen LogP contribution in [0.25, 0.3) is 0 Å². The molecule has 4 heteroatoms. The molecule has 2 aliphatic rings. The summed E-state index contributed by atoms with van der Waals surface area (Å²) in [6, 6.07) is 3.96. The number of aromatic nitrogens is 1. The van der Waals surface area contributed by atoms with Crippen molar-refractivity contribution in [3.8, 4) is 5.75 Å². The van der Waals surface area contributed by atoms with Gasteiger partial charge in [0.1, 0.15) is 5.75 Å². The monoisotopic (exact) mass is 313 g/mol. The van der Waals surface area contributed by atoms with Gasteiger partial charge in [0.25, 0.3) is 0 Å². The van der Waals surface area contributed by atoms with Gasteiger partial charge < -0.3 is 5.11 Å². The molecule has 2 aliphatic carbocycles. The molecule has 0 radical (unpaired) electrons. The summed E-state index contributed by atoms with van der Waals surface area (Å²) < 4.78 is 0. The van der Waals surface area contributed by atoms with E-state index in [4.69, 9.17) is 5.11 Å². The molecule has 0 amide bonds. The van der Waals surface area contributed by atoms with Gasteiger partial charge in [0, 0.05) is 11.6 Å². The third-order valence-electron chi connectivity index (χ3n) is 2.73. The van der Waals surface area contributed by atoms with Crippen LogP contribution >= 0.6 is 28.3 Å². The molecule has 1 aromatic carbocycles. The Balaban J connectivity index is 0.000000166. The van der Waals surface area contributed by atoms with E-state index >= 15 is 0 Å². The molecular weight excluding hydrogens is 298 g/mol. The fourth-order valence-corrected chi connectivity index (χ4v) is 2.19. The Morgan fingerprint density at radius 1 is 1.41 bits per heavy atom. The molecule has 4 rings (SSSR count). The van der Waals surface area contributed by atoms with Gasteiger partial charge in [0.2, 0.25) is 0 Å². The average molecular weight is 314 g/mol. The lowest BCUT2D eigenvalue weighted by Gasteiger charge is -2.18. The number of fused-ring (bicyclic) bond motifs is 2. The number of aryl methyl sites for hydroxylation is 1. The van der Waals surface area contributed by atoms with Crippen molar-refractivity contribution >= 4 is 28.3 Å². The molecule has 0 atom stereocenters. The number of hydrogen-bond donors (Lipinski definition) is 1. The van der Waals surface area contributed by atoms with Crippen LogP contribution in [0.4, 0.5) is 0 Å². The van der Waals surface area contributed by atoms with Crippen LogP contribution in [-0.2, 0) is 12.8 Å². The summed E-state index contributed by atoms with van der Waals surface area (Å²) in [7, 11) is 0. The first-order valence-corrected chi connectivity index (χ1v) is 6.28. The van der Waals surface area contributed by atoms with E-state index in [-0.39, 0.29) is 17.0 Å². The van der Waals surface area contributed by atoms with Crippen molar-refractivity contribution in [2.24, 2.45) is 0 Å². The van der Waals surface area contributed by atoms with Crippen LogP contribution in [-0.4, -0.2) is 10.1 Å². The molecule has 0 saturated heterocycles. The highest BCUT2D eigenvalue weighted by molar-refractivity contribution is 8.93. The standard InChI is InChI=1S/C8H8O.C5H7NS.BrH/c1-5-7-2-6(3-7)4-8(5)9;1-2-5-6-3-4-7-5;/h2,4,9H,3H2,1H3;3-4H,2H2,1H3;1H. The number of nitrogens with zero attached hydrogens (tertiary/aromatic N) is 1. The summed E-state index contributed by atoms with van der Waals surface area (Å²) >= 11 is 1.71. The molecule has 2 nitrogen and oxygen atoms in total. The summed E-state index contributed by atoms with van der Waals surface area (Å²) in [5, 5.41) is 12.4. The normalized spacial score (nSPS) is 10.7. The largest absolute Gasteiger partial charge is 0.508 e. The lowest BCUT2D eigenvalue weighted by Crippen LogP contribution is -2.03.